The quantitative estimate of drug-likeness (QED) is 0.826. The largest absolute Gasteiger partial charge is 0.396 e. The fraction of sp³-hybridized carbons (Fsp3) is 0.538. The molecule has 3 N–H and O–H groups in total. The maximum atomic E-state index is 13.2. The van der Waals surface area contributed by atoms with Crippen LogP contribution in [0.25, 0.3) is 0 Å². The summed E-state index contributed by atoms with van der Waals surface area (Å²) in [5, 5.41) is 9.07. The second kappa shape index (κ2) is 4.93. The van der Waals surface area contributed by atoms with Crippen molar-refractivity contribution in [3.63, 3.8) is 0 Å². The molecule has 1 atom stereocenters. The third kappa shape index (κ3) is 3.03. The summed E-state index contributed by atoms with van der Waals surface area (Å²) in [4.78, 5) is 0. The first-order chi connectivity index (χ1) is 7.36. The van der Waals surface area contributed by atoms with Crippen LogP contribution >= 0.6 is 0 Å². The van der Waals surface area contributed by atoms with Crippen LogP contribution < -0.4 is 5.73 Å². The molecule has 0 radical (unpaired) electrons. The Morgan fingerprint density at radius 1 is 1.44 bits per heavy atom. The predicted molar refractivity (Wildman–Crippen MR) is 63.8 cm³/mol. The lowest BCUT2D eigenvalue weighted by Crippen LogP contribution is -2.40. The topological polar surface area (TPSA) is 46.2 Å². The van der Waals surface area contributed by atoms with Gasteiger partial charge in [0, 0.05) is 18.1 Å². The number of halogens is 1. The van der Waals surface area contributed by atoms with Crippen molar-refractivity contribution < 1.29 is 9.50 Å². The molecule has 0 saturated carbocycles. The zero-order valence-electron chi connectivity index (χ0n) is 10.1. The van der Waals surface area contributed by atoms with Crippen molar-refractivity contribution in [3.05, 3.63) is 35.1 Å². The van der Waals surface area contributed by atoms with Crippen LogP contribution in [-0.2, 0) is 0 Å². The summed E-state index contributed by atoms with van der Waals surface area (Å²) in [6.45, 7) is 5.79. The van der Waals surface area contributed by atoms with E-state index in [9.17, 15) is 4.39 Å². The highest BCUT2D eigenvalue weighted by Crippen LogP contribution is 2.31. The number of aryl methyl sites for hydroxylation is 1. The molecule has 16 heavy (non-hydrogen) atoms. The number of hydrogen-bond acceptors (Lipinski definition) is 2. The number of hydrogen-bond donors (Lipinski definition) is 2. The van der Waals surface area contributed by atoms with Crippen molar-refractivity contribution in [3.8, 4) is 0 Å². The molecule has 0 aliphatic heterocycles. The number of aliphatic hydroxyl groups is 1. The van der Waals surface area contributed by atoms with Gasteiger partial charge < -0.3 is 10.8 Å². The zero-order valence-corrected chi connectivity index (χ0v) is 10.1. The summed E-state index contributed by atoms with van der Waals surface area (Å²) < 4.78 is 13.2. The van der Waals surface area contributed by atoms with Crippen LogP contribution in [0.15, 0.2) is 18.2 Å². The van der Waals surface area contributed by atoms with Gasteiger partial charge in [-0.05, 0) is 50.5 Å². The fourth-order valence-electron chi connectivity index (χ4n) is 2.04. The maximum absolute atomic E-state index is 13.2. The summed E-state index contributed by atoms with van der Waals surface area (Å²) in [7, 11) is 0. The molecule has 0 bridgehead atoms. The Bertz CT molecular complexity index is 357. The van der Waals surface area contributed by atoms with E-state index in [-0.39, 0.29) is 18.3 Å². The fourth-order valence-corrected chi connectivity index (χ4v) is 2.04. The molecule has 1 unspecified atom stereocenters. The first-order valence-corrected chi connectivity index (χ1v) is 5.52. The van der Waals surface area contributed by atoms with Gasteiger partial charge in [-0.2, -0.15) is 0 Å². The summed E-state index contributed by atoms with van der Waals surface area (Å²) in [5.41, 5.74) is 7.51. The SMILES string of the molecule is Cc1ccc(F)cc1C(CCO)C(C)(C)N. The van der Waals surface area contributed by atoms with Crippen molar-refractivity contribution in [2.45, 2.75) is 38.6 Å². The van der Waals surface area contributed by atoms with E-state index in [1.807, 2.05) is 20.8 Å². The maximum Gasteiger partial charge on any atom is 0.123 e. The van der Waals surface area contributed by atoms with Gasteiger partial charge in [0.2, 0.25) is 0 Å². The number of rotatable bonds is 4. The first-order valence-electron chi connectivity index (χ1n) is 5.52. The molecule has 3 heteroatoms. The Labute approximate surface area is 96.3 Å². The van der Waals surface area contributed by atoms with Crippen LogP contribution in [0.2, 0.25) is 0 Å². The molecule has 0 saturated heterocycles. The average Bonchev–Trinajstić information content (AvgIpc) is 2.17. The number of benzene rings is 1. The Hall–Kier alpha value is -0.930. The second-order valence-electron chi connectivity index (χ2n) is 4.89. The minimum absolute atomic E-state index is 0.0341. The monoisotopic (exact) mass is 225 g/mol. The molecule has 90 valence electrons. The standard InChI is InChI=1S/C13H20FNO/c1-9-4-5-10(14)8-11(9)12(6-7-16)13(2,3)15/h4-5,8,12,16H,6-7,15H2,1-3H3. The van der Waals surface area contributed by atoms with Gasteiger partial charge in [0.1, 0.15) is 5.82 Å². The summed E-state index contributed by atoms with van der Waals surface area (Å²) in [5.74, 6) is -0.291. The summed E-state index contributed by atoms with van der Waals surface area (Å²) >= 11 is 0. The van der Waals surface area contributed by atoms with Crippen LogP contribution in [0.1, 0.15) is 37.3 Å². The Morgan fingerprint density at radius 2 is 2.06 bits per heavy atom. The van der Waals surface area contributed by atoms with Gasteiger partial charge in [-0.3, -0.25) is 0 Å². The van der Waals surface area contributed by atoms with Crippen LogP contribution in [0, 0.1) is 12.7 Å². The van der Waals surface area contributed by atoms with E-state index < -0.39 is 5.54 Å². The van der Waals surface area contributed by atoms with Gasteiger partial charge in [-0.15, -0.1) is 0 Å². The average molecular weight is 225 g/mol. The van der Waals surface area contributed by atoms with E-state index in [0.717, 1.165) is 11.1 Å². The van der Waals surface area contributed by atoms with Crippen LogP contribution in [-0.4, -0.2) is 17.3 Å². The van der Waals surface area contributed by atoms with Gasteiger partial charge >= 0.3 is 0 Å². The van der Waals surface area contributed by atoms with E-state index in [1.54, 1.807) is 6.07 Å². The molecule has 1 rings (SSSR count). The van der Waals surface area contributed by atoms with Crippen LogP contribution in [0.4, 0.5) is 4.39 Å². The molecule has 0 aliphatic carbocycles. The molecule has 1 aromatic carbocycles. The lowest BCUT2D eigenvalue weighted by Gasteiger charge is -2.31. The van der Waals surface area contributed by atoms with Gasteiger partial charge in [0.25, 0.3) is 0 Å². The van der Waals surface area contributed by atoms with Crippen LogP contribution in [0.3, 0.4) is 0 Å². The second-order valence-corrected chi connectivity index (χ2v) is 4.89. The number of nitrogens with two attached hydrogens (primary N) is 1. The van der Waals surface area contributed by atoms with Crippen molar-refractivity contribution in [1.29, 1.82) is 0 Å². The predicted octanol–water partition coefficient (Wildman–Crippen LogP) is 2.34. The molecule has 0 aliphatic rings. The van der Waals surface area contributed by atoms with E-state index in [0.29, 0.717) is 6.42 Å². The smallest absolute Gasteiger partial charge is 0.123 e. The molecule has 0 heterocycles. The molecule has 0 fully saturated rings. The molecular formula is C13H20FNO. The van der Waals surface area contributed by atoms with E-state index in [2.05, 4.69) is 0 Å². The van der Waals surface area contributed by atoms with Crippen molar-refractivity contribution in [2.75, 3.05) is 6.61 Å². The van der Waals surface area contributed by atoms with Gasteiger partial charge in [-0.1, -0.05) is 6.07 Å². The molecule has 0 amide bonds. The third-order valence-electron chi connectivity index (χ3n) is 2.93. The lowest BCUT2D eigenvalue weighted by atomic mass is 9.79. The molecule has 0 spiro atoms. The summed E-state index contributed by atoms with van der Waals surface area (Å²) in [6, 6.07) is 4.71. The van der Waals surface area contributed by atoms with E-state index in [1.165, 1.54) is 12.1 Å². The van der Waals surface area contributed by atoms with Gasteiger partial charge in [0.05, 0.1) is 0 Å². The minimum Gasteiger partial charge on any atom is -0.396 e. The Kier molecular flexibility index (Phi) is 4.05. The first kappa shape index (κ1) is 13.1. The molecular weight excluding hydrogens is 205 g/mol. The highest BCUT2D eigenvalue weighted by Gasteiger charge is 2.27. The van der Waals surface area contributed by atoms with Gasteiger partial charge in [-0.25, -0.2) is 4.39 Å². The van der Waals surface area contributed by atoms with Crippen molar-refractivity contribution in [1.82, 2.24) is 0 Å². The molecule has 2 nitrogen and oxygen atoms in total. The zero-order chi connectivity index (χ0) is 12.3. The third-order valence-corrected chi connectivity index (χ3v) is 2.93. The Morgan fingerprint density at radius 3 is 2.56 bits per heavy atom. The van der Waals surface area contributed by atoms with Crippen molar-refractivity contribution >= 4 is 0 Å². The highest BCUT2D eigenvalue weighted by molar-refractivity contribution is 5.32. The van der Waals surface area contributed by atoms with Crippen LogP contribution in [0.5, 0.6) is 0 Å². The highest BCUT2D eigenvalue weighted by atomic mass is 19.1. The van der Waals surface area contributed by atoms with Crippen molar-refractivity contribution in [2.24, 2.45) is 5.73 Å². The van der Waals surface area contributed by atoms with Gasteiger partial charge in [0.15, 0.2) is 0 Å². The normalized spacial score (nSPS) is 13.9. The summed E-state index contributed by atoms with van der Waals surface area (Å²) in [6.07, 6.45) is 0.549. The number of aliphatic hydroxyl groups excluding tert-OH is 1. The Balaban J connectivity index is 3.15. The minimum atomic E-state index is -0.471. The van der Waals surface area contributed by atoms with E-state index >= 15 is 0 Å². The lowest BCUT2D eigenvalue weighted by molar-refractivity contribution is 0.250. The molecule has 0 aromatic heterocycles. The van der Waals surface area contributed by atoms with E-state index in [4.69, 9.17) is 10.8 Å². The molecule has 1 aromatic rings.